The molecule has 3 nitrogen and oxygen atoms in total. The lowest BCUT2D eigenvalue weighted by atomic mass is 9.93. The van der Waals surface area contributed by atoms with Crippen LogP contribution in [0, 0.1) is 5.92 Å². The molecule has 1 aromatic rings. The summed E-state index contributed by atoms with van der Waals surface area (Å²) in [5, 5.41) is 3.50. The molecular formula is C18H31N3. The molecular weight excluding hydrogens is 258 g/mol. The number of piperazine rings is 1. The Morgan fingerprint density at radius 2 is 1.95 bits per heavy atom. The maximum Gasteiger partial charge on any atom is 0.0355 e. The molecule has 21 heavy (non-hydrogen) atoms. The lowest BCUT2D eigenvalue weighted by Crippen LogP contribution is -2.52. The fourth-order valence-corrected chi connectivity index (χ4v) is 3.57. The van der Waals surface area contributed by atoms with E-state index in [2.05, 4.69) is 73.4 Å². The molecule has 1 N–H and O–H groups in total. The summed E-state index contributed by atoms with van der Waals surface area (Å²) in [7, 11) is 4.34. The van der Waals surface area contributed by atoms with Crippen LogP contribution in [0.3, 0.4) is 0 Å². The lowest BCUT2D eigenvalue weighted by molar-refractivity contribution is 0.0787. The largest absolute Gasteiger partial charge is 0.313 e. The molecule has 0 bridgehead atoms. The molecule has 3 heteroatoms. The van der Waals surface area contributed by atoms with Crippen molar-refractivity contribution in [3.8, 4) is 0 Å². The van der Waals surface area contributed by atoms with E-state index in [-0.39, 0.29) is 0 Å². The maximum absolute atomic E-state index is 3.50. The van der Waals surface area contributed by atoms with Crippen LogP contribution >= 0.6 is 0 Å². The Morgan fingerprint density at radius 1 is 1.24 bits per heavy atom. The average molecular weight is 289 g/mol. The van der Waals surface area contributed by atoms with Crippen molar-refractivity contribution in [1.82, 2.24) is 15.1 Å². The van der Waals surface area contributed by atoms with Gasteiger partial charge in [0.1, 0.15) is 0 Å². The number of likely N-dealkylation sites (N-methyl/N-ethyl adjacent to an activating group) is 1. The summed E-state index contributed by atoms with van der Waals surface area (Å²) in [6, 6.07) is 12.0. The van der Waals surface area contributed by atoms with Gasteiger partial charge in [0.2, 0.25) is 0 Å². The number of benzene rings is 1. The molecule has 1 aliphatic rings. The summed E-state index contributed by atoms with van der Waals surface area (Å²) < 4.78 is 0. The second-order valence-corrected chi connectivity index (χ2v) is 6.46. The topological polar surface area (TPSA) is 18.5 Å². The van der Waals surface area contributed by atoms with Gasteiger partial charge in [-0.3, -0.25) is 0 Å². The van der Waals surface area contributed by atoms with Gasteiger partial charge in [0.25, 0.3) is 0 Å². The van der Waals surface area contributed by atoms with Crippen molar-refractivity contribution < 1.29 is 0 Å². The molecule has 0 aliphatic carbocycles. The van der Waals surface area contributed by atoms with Crippen LogP contribution in [0.15, 0.2) is 30.3 Å². The molecule has 118 valence electrons. The zero-order valence-corrected chi connectivity index (χ0v) is 14.0. The SMILES string of the molecule is CCC1CN(CC(C)C(NC)c2ccccc2)CCN1C. The van der Waals surface area contributed by atoms with E-state index in [1.807, 2.05) is 0 Å². The van der Waals surface area contributed by atoms with Gasteiger partial charge in [-0.1, -0.05) is 44.2 Å². The van der Waals surface area contributed by atoms with E-state index in [4.69, 9.17) is 0 Å². The Kier molecular flexibility index (Phi) is 6.22. The van der Waals surface area contributed by atoms with Crippen molar-refractivity contribution in [2.45, 2.75) is 32.4 Å². The normalized spacial score (nSPS) is 23.9. The first-order chi connectivity index (χ1) is 10.2. The molecule has 1 heterocycles. The van der Waals surface area contributed by atoms with Gasteiger partial charge >= 0.3 is 0 Å². The highest BCUT2D eigenvalue weighted by Crippen LogP contribution is 2.23. The van der Waals surface area contributed by atoms with Gasteiger partial charge in [-0.05, 0) is 32.0 Å². The first kappa shape index (κ1) is 16.5. The Balaban J connectivity index is 1.95. The summed E-state index contributed by atoms with van der Waals surface area (Å²) in [5.41, 5.74) is 1.40. The number of rotatable bonds is 6. The summed E-state index contributed by atoms with van der Waals surface area (Å²) in [6.45, 7) is 9.44. The number of nitrogens with zero attached hydrogens (tertiary/aromatic N) is 2. The Hall–Kier alpha value is -0.900. The van der Waals surface area contributed by atoms with E-state index < -0.39 is 0 Å². The number of hydrogen-bond acceptors (Lipinski definition) is 3. The second kappa shape index (κ2) is 7.92. The smallest absolute Gasteiger partial charge is 0.0355 e. The summed E-state index contributed by atoms with van der Waals surface area (Å²) in [4.78, 5) is 5.15. The predicted molar refractivity (Wildman–Crippen MR) is 90.6 cm³/mol. The zero-order valence-electron chi connectivity index (χ0n) is 14.0. The van der Waals surface area contributed by atoms with Crippen LogP contribution < -0.4 is 5.32 Å². The van der Waals surface area contributed by atoms with Crippen LogP contribution in [0.5, 0.6) is 0 Å². The third kappa shape index (κ3) is 4.29. The van der Waals surface area contributed by atoms with Gasteiger partial charge < -0.3 is 15.1 Å². The summed E-state index contributed by atoms with van der Waals surface area (Å²) in [6.07, 6.45) is 1.25. The number of hydrogen-bond donors (Lipinski definition) is 1. The molecule has 1 aromatic carbocycles. The van der Waals surface area contributed by atoms with Crippen molar-refractivity contribution in [2.75, 3.05) is 40.3 Å². The van der Waals surface area contributed by atoms with E-state index in [1.165, 1.54) is 38.2 Å². The van der Waals surface area contributed by atoms with Gasteiger partial charge in [-0.15, -0.1) is 0 Å². The van der Waals surface area contributed by atoms with Crippen LogP contribution in [0.1, 0.15) is 31.9 Å². The monoisotopic (exact) mass is 289 g/mol. The van der Waals surface area contributed by atoms with Crippen molar-refractivity contribution in [1.29, 1.82) is 0 Å². The first-order valence-electron chi connectivity index (χ1n) is 8.30. The van der Waals surface area contributed by atoms with Crippen LogP contribution in [-0.2, 0) is 0 Å². The molecule has 1 fully saturated rings. The fraction of sp³-hybridized carbons (Fsp3) is 0.667. The van der Waals surface area contributed by atoms with Gasteiger partial charge in [-0.2, -0.15) is 0 Å². The van der Waals surface area contributed by atoms with Crippen LogP contribution in [0.25, 0.3) is 0 Å². The van der Waals surface area contributed by atoms with Gasteiger partial charge in [0.15, 0.2) is 0 Å². The number of nitrogens with one attached hydrogen (secondary N) is 1. The first-order valence-corrected chi connectivity index (χ1v) is 8.30. The molecule has 0 amide bonds. The minimum atomic E-state index is 0.436. The quantitative estimate of drug-likeness (QED) is 0.868. The maximum atomic E-state index is 3.50. The molecule has 2 rings (SSSR count). The Morgan fingerprint density at radius 3 is 2.57 bits per heavy atom. The Labute approximate surface area is 130 Å². The molecule has 3 atom stereocenters. The van der Waals surface area contributed by atoms with E-state index in [9.17, 15) is 0 Å². The van der Waals surface area contributed by atoms with E-state index in [1.54, 1.807) is 0 Å². The van der Waals surface area contributed by atoms with Crippen molar-refractivity contribution in [3.05, 3.63) is 35.9 Å². The molecule has 1 aliphatic heterocycles. The third-order valence-corrected chi connectivity index (χ3v) is 4.92. The van der Waals surface area contributed by atoms with Crippen LogP contribution in [0.4, 0.5) is 0 Å². The average Bonchev–Trinajstić information content (AvgIpc) is 2.51. The van der Waals surface area contributed by atoms with Crippen molar-refractivity contribution >= 4 is 0 Å². The molecule has 0 saturated carbocycles. The Bertz CT molecular complexity index is 406. The molecule has 0 radical (unpaired) electrons. The standard InChI is InChI=1S/C18H31N3/c1-5-17-14-21(12-11-20(17)4)13-15(2)18(19-3)16-9-7-6-8-10-16/h6-10,15,17-19H,5,11-14H2,1-4H3. The van der Waals surface area contributed by atoms with E-state index >= 15 is 0 Å². The zero-order chi connectivity index (χ0) is 15.2. The summed E-state index contributed by atoms with van der Waals surface area (Å²) >= 11 is 0. The minimum Gasteiger partial charge on any atom is -0.313 e. The molecule has 0 spiro atoms. The second-order valence-electron chi connectivity index (χ2n) is 6.46. The van der Waals surface area contributed by atoms with Crippen molar-refractivity contribution in [2.24, 2.45) is 5.92 Å². The fourth-order valence-electron chi connectivity index (χ4n) is 3.57. The van der Waals surface area contributed by atoms with Gasteiger partial charge in [-0.25, -0.2) is 0 Å². The molecule has 3 unspecified atom stereocenters. The lowest BCUT2D eigenvalue weighted by Gasteiger charge is -2.41. The molecule has 1 saturated heterocycles. The van der Waals surface area contributed by atoms with Crippen LogP contribution in [0.2, 0.25) is 0 Å². The predicted octanol–water partition coefficient (Wildman–Crippen LogP) is 2.61. The van der Waals surface area contributed by atoms with E-state index in [0.717, 1.165) is 6.04 Å². The van der Waals surface area contributed by atoms with Gasteiger partial charge in [0.05, 0.1) is 0 Å². The highest BCUT2D eigenvalue weighted by molar-refractivity contribution is 5.19. The van der Waals surface area contributed by atoms with Crippen molar-refractivity contribution in [3.63, 3.8) is 0 Å². The highest BCUT2D eigenvalue weighted by Gasteiger charge is 2.26. The van der Waals surface area contributed by atoms with Crippen LogP contribution in [-0.4, -0.2) is 56.1 Å². The highest BCUT2D eigenvalue weighted by atomic mass is 15.3. The molecule has 0 aromatic heterocycles. The van der Waals surface area contributed by atoms with E-state index in [0.29, 0.717) is 12.0 Å². The van der Waals surface area contributed by atoms with Gasteiger partial charge in [0, 0.05) is 38.3 Å². The third-order valence-electron chi connectivity index (χ3n) is 4.92. The minimum absolute atomic E-state index is 0.436. The summed E-state index contributed by atoms with van der Waals surface area (Å²) in [5.74, 6) is 0.610.